The van der Waals surface area contributed by atoms with Gasteiger partial charge in [0, 0.05) is 6.26 Å². The van der Waals surface area contributed by atoms with E-state index < -0.39 is 24.2 Å². The zero-order valence-corrected chi connectivity index (χ0v) is 11.9. The van der Waals surface area contributed by atoms with E-state index in [4.69, 9.17) is 5.11 Å². The Hall–Kier alpha value is -0.563. The van der Waals surface area contributed by atoms with E-state index in [0.717, 1.165) is 0 Å². The summed E-state index contributed by atoms with van der Waals surface area (Å²) < 4.78 is 18.0. The molecule has 0 rings (SSSR count). The molecular weight excluding hydrogens is 232 g/mol. The van der Waals surface area contributed by atoms with E-state index in [0.29, 0.717) is 0 Å². The molecule has 0 radical (unpaired) electrons. The van der Waals surface area contributed by atoms with Crippen molar-refractivity contribution < 1.29 is 14.1 Å². The van der Waals surface area contributed by atoms with Gasteiger partial charge in [0.2, 0.25) is 0 Å². The Bertz CT molecular complexity index is 365. The number of nitrogens with zero attached hydrogens (tertiary/aromatic N) is 1. The molecule has 15 heavy (non-hydrogen) atoms. The Morgan fingerprint density at radius 3 is 2.07 bits per heavy atom. The molecule has 0 aromatic carbocycles. The molecule has 1 amide bonds. The van der Waals surface area contributed by atoms with Crippen LogP contribution in [0.5, 0.6) is 0 Å². The molecule has 0 fully saturated rings. The second-order valence-corrected chi connectivity index (χ2v) is 12.3. The van der Waals surface area contributed by atoms with Crippen LogP contribution in [-0.2, 0) is 9.92 Å². The van der Waals surface area contributed by atoms with E-state index in [1.54, 1.807) is 0 Å². The van der Waals surface area contributed by atoms with Crippen LogP contribution < -0.4 is 4.72 Å². The maximum absolute atomic E-state index is 11.8. The minimum Gasteiger partial charge on any atom is -0.464 e. The van der Waals surface area contributed by atoms with Crippen molar-refractivity contribution in [2.75, 3.05) is 6.26 Å². The first kappa shape index (κ1) is 14.4. The highest BCUT2D eigenvalue weighted by Gasteiger charge is 2.37. The average Bonchev–Trinajstić information content (AvgIpc) is 1.75. The minimum absolute atomic E-state index is 0.0497. The zero-order valence-electron chi connectivity index (χ0n) is 10.1. The summed E-state index contributed by atoms with van der Waals surface area (Å²) in [7, 11) is -4.92. The maximum Gasteiger partial charge on any atom is 0.417 e. The fraction of sp³-hybridized carbons (Fsp3) is 0.875. The minimum atomic E-state index is -2.83. The Labute approximate surface area is 92.7 Å². The Balaban J connectivity index is 5.21. The fourth-order valence-corrected chi connectivity index (χ4v) is 5.84. The van der Waals surface area contributed by atoms with Gasteiger partial charge in [-0.3, -0.25) is 4.03 Å². The van der Waals surface area contributed by atoms with Gasteiger partial charge in [0.15, 0.2) is 8.24 Å². The van der Waals surface area contributed by atoms with Gasteiger partial charge in [-0.1, -0.05) is 20.8 Å². The van der Waals surface area contributed by atoms with Crippen LogP contribution in [0, 0.1) is 0 Å². The van der Waals surface area contributed by atoms with Gasteiger partial charge in [-0.25, -0.2) is 13.7 Å². The summed E-state index contributed by atoms with van der Waals surface area (Å²) >= 11 is 0. The lowest BCUT2D eigenvalue weighted by Crippen LogP contribution is -2.39. The summed E-state index contributed by atoms with van der Waals surface area (Å²) in [6, 6.07) is 0. The molecule has 2 N–H and O–H groups in total. The fourth-order valence-electron chi connectivity index (χ4n) is 0.757. The van der Waals surface area contributed by atoms with E-state index in [-0.39, 0.29) is 5.04 Å². The van der Waals surface area contributed by atoms with Crippen molar-refractivity contribution >= 4 is 24.2 Å². The van der Waals surface area contributed by atoms with Gasteiger partial charge in [0.05, 0.1) is 0 Å². The van der Waals surface area contributed by atoms with Crippen LogP contribution in [0.4, 0.5) is 4.79 Å². The van der Waals surface area contributed by atoms with Crippen LogP contribution in [0.25, 0.3) is 0 Å². The smallest absolute Gasteiger partial charge is 0.417 e. The zero-order chi connectivity index (χ0) is 12.5. The molecule has 7 heteroatoms. The van der Waals surface area contributed by atoms with Crippen LogP contribution in [0.3, 0.4) is 0 Å². The molecule has 0 aliphatic rings. The third-order valence-electron chi connectivity index (χ3n) is 2.51. The predicted octanol–water partition coefficient (Wildman–Crippen LogP) is 2.27. The number of rotatable bonds is 2. The van der Waals surface area contributed by atoms with Crippen molar-refractivity contribution in [3.05, 3.63) is 0 Å². The van der Waals surface area contributed by atoms with E-state index >= 15 is 0 Å². The van der Waals surface area contributed by atoms with Gasteiger partial charge in [-0.15, -0.1) is 0 Å². The van der Waals surface area contributed by atoms with E-state index in [1.807, 2.05) is 38.6 Å². The Morgan fingerprint density at radius 2 is 1.80 bits per heavy atom. The molecule has 0 aromatic rings. The molecule has 1 unspecified atom stereocenters. The average molecular weight is 252 g/mol. The Kier molecular flexibility index (Phi) is 3.97. The number of amides is 1. The highest BCUT2D eigenvalue weighted by Crippen LogP contribution is 2.37. The molecule has 0 heterocycles. The number of carbonyl (C=O) groups is 1. The third-order valence-corrected chi connectivity index (χ3v) is 9.96. The summed E-state index contributed by atoms with van der Waals surface area (Å²) in [4.78, 5) is 10.4. The standard InChI is InChI=1S/C8H20N2O3SSi/c1-8(2,3)15(5,6)10-14(4,13)9-7(11)12/h1-6H3,(H,11,12)(H,9,10,13). The number of hydrogen-bond acceptors (Lipinski definition) is 3. The van der Waals surface area contributed by atoms with Crippen LogP contribution in [0.15, 0.2) is 4.03 Å². The van der Waals surface area contributed by atoms with Gasteiger partial charge < -0.3 is 5.11 Å². The third kappa shape index (κ3) is 4.65. The van der Waals surface area contributed by atoms with Gasteiger partial charge in [0.25, 0.3) is 0 Å². The molecule has 5 nitrogen and oxygen atoms in total. The highest BCUT2D eigenvalue weighted by molar-refractivity contribution is 7.92. The SMILES string of the molecule is CC(C)(C)[Si](C)(C)N=S(C)(=O)NC(=O)O. The van der Waals surface area contributed by atoms with Crippen molar-refractivity contribution in [1.82, 2.24) is 4.72 Å². The highest BCUT2D eigenvalue weighted by atomic mass is 32.2. The van der Waals surface area contributed by atoms with Gasteiger partial charge in [0.1, 0.15) is 9.92 Å². The first-order chi connectivity index (χ1) is 6.37. The van der Waals surface area contributed by atoms with E-state index in [2.05, 4.69) is 4.03 Å². The number of hydrogen-bond donors (Lipinski definition) is 2. The number of nitrogens with one attached hydrogen (secondary N) is 1. The predicted molar refractivity (Wildman–Crippen MR) is 64.9 cm³/mol. The van der Waals surface area contributed by atoms with Gasteiger partial charge >= 0.3 is 6.09 Å². The molecule has 0 bridgehead atoms. The molecule has 90 valence electrons. The topological polar surface area (TPSA) is 78.8 Å². The largest absolute Gasteiger partial charge is 0.464 e. The van der Waals surface area contributed by atoms with Gasteiger partial charge in [-0.05, 0) is 18.1 Å². The molecule has 0 spiro atoms. The van der Waals surface area contributed by atoms with Crippen molar-refractivity contribution in [3.8, 4) is 0 Å². The summed E-state index contributed by atoms with van der Waals surface area (Å²) in [6.07, 6.45) is 0.0201. The van der Waals surface area contributed by atoms with Crippen molar-refractivity contribution in [1.29, 1.82) is 0 Å². The van der Waals surface area contributed by atoms with Crippen LogP contribution in [0.2, 0.25) is 18.1 Å². The summed E-state index contributed by atoms with van der Waals surface area (Å²) in [5.74, 6) is 0. The number of carboxylic acid groups (broad SMARTS) is 1. The summed E-state index contributed by atoms with van der Waals surface area (Å²) in [6.45, 7) is 10.0. The van der Waals surface area contributed by atoms with E-state index in [9.17, 15) is 9.00 Å². The van der Waals surface area contributed by atoms with E-state index in [1.165, 1.54) is 6.26 Å². The first-order valence-electron chi connectivity index (χ1n) is 4.61. The molecular formula is C8H20N2O3SSi. The lowest BCUT2D eigenvalue weighted by Gasteiger charge is -2.32. The first-order valence-corrected chi connectivity index (χ1v) is 9.48. The quantitative estimate of drug-likeness (QED) is 0.740. The molecule has 0 saturated heterocycles. The Morgan fingerprint density at radius 1 is 1.40 bits per heavy atom. The normalized spacial score (nSPS) is 16.7. The van der Waals surface area contributed by atoms with Crippen LogP contribution in [0.1, 0.15) is 20.8 Å². The van der Waals surface area contributed by atoms with Gasteiger partial charge in [-0.2, -0.15) is 0 Å². The summed E-state index contributed by atoms with van der Waals surface area (Å²) in [5.41, 5.74) is 0. The lowest BCUT2D eigenvalue weighted by molar-refractivity contribution is 0.201. The molecule has 0 aromatic heterocycles. The van der Waals surface area contributed by atoms with Crippen LogP contribution >= 0.6 is 0 Å². The maximum atomic E-state index is 11.8. The second-order valence-electron chi connectivity index (χ2n) is 5.11. The monoisotopic (exact) mass is 252 g/mol. The summed E-state index contributed by atoms with van der Waals surface area (Å²) in [5, 5.41) is 8.46. The van der Waals surface area contributed by atoms with Crippen molar-refractivity contribution in [3.63, 3.8) is 0 Å². The molecule has 1 atom stereocenters. The second kappa shape index (κ2) is 4.13. The van der Waals surface area contributed by atoms with Crippen molar-refractivity contribution in [2.45, 2.75) is 38.9 Å². The lowest BCUT2D eigenvalue weighted by atomic mass is 10.2. The molecule has 0 aliphatic carbocycles. The molecule has 0 saturated carbocycles. The van der Waals surface area contributed by atoms with Crippen molar-refractivity contribution in [2.24, 2.45) is 4.03 Å². The molecule has 0 aliphatic heterocycles. The van der Waals surface area contributed by atoms with Crippen LogP contribution in [-0.4, -0.2) is 29.9 Å².